The Morgan fingerprint density at radius 1 is 1.00 bits per heavy atom. The third kappa shape index (κ3) is 5.26. The van der Waals surface area contributed by atoms with Gasteiger partial charge < -0.3 is 15.0 Å². The first-order chi connectivity index (χ1) is 16.0. The summed E-state index contributed by atoms with van der Waals surface area (Å²) >= 11 is 1.36. The zero-order valence-electron chi connectivity index (χ0n) is 19.3. The van der Waals surface area contributed by atoms with E-state index in [1.165, 1.54) is 24.1 Å². The molecule has 1 fully saturated rings. The van der Waals surface area contributed by atoms with Gasteiger partial charge in [-0.25, -0.2) is 4.79 Å². The van der Waals surface area contributed by atoms with Crippen LogP contribution in [0, 0.1) is 13.8 Å². The van der Waals surface area contributed by atoms with Gasteiger partial charge >= 0.3 is 5.97 Å². The lowest BCUT2D eigenvalue weighted by Gasteiger charge is -2.35. The van der Waals surface area contributed by atoms with Gasteiger partial charge in [0.25, 0.3) is 0 Å². The highest BCUT2D eigenvalue weighted by Crippen LogP contribution is 2.38. The molecule has 1 amide bonds. The summed E-state index contributed by atoms with van der Waals surface area (Å²) in [6, 6.07) is 16.5. The Balaban J connectivity index is 1.44. The number of hydrogen-bond donors (Lipinski definition) is 1. The molecule has 1 aromatic heterocycles. The molecule has 0 spiro atoms. The Labute approximate surface area is 198 Å². The van der Waals surface area contributed by atoms with Gasteiger partial charge in [0.2, 0.25) is 5.91 Å². The predicted octanol–water partition coefficient (Wildman–Crippen LogP) is 4.58. The second-order valence-corrected chi connectivity index (χ2v) is 9.19. The molecule has 0 saturated carbocycles. The number of thiophene rings is 1. The van der Waals surface area contributed by atoms with Gasteiger partial charge in [-0.15, -0.1) is 11.3 Å². The lowest BCUT2D eigenvalue weighted by atomic mass is 9.97. The number of methoxy groups -OCH3 is 1. The van der Waals surface area contributed by atoms with E-state index < -0.39 is 5.97 Å². The van der Waals surface area contributed by atoms with Crippen LogP contribution < -0.4 is 10.2 Å². The molecule has 0 unspecified atom stereocenters. The average Bonchev–Trinajstić information content (AvgIpc) is 3.24. The van der Waals surface area contributed by atoms with Crippen molar-refractivity contribution in [1.29, 1.82) is 0 Å². The van der Waals surface area contributed by atoms with Crippen molar-refractivity contribution in [2.75, 3.05) is 50.1 Å². The zero-order valence-corrected chi connectivity index (χ0v) is 20.1. The Morgan fingerprint density at radius 3 is 2.42 bits per heavy atom. The number of nitrogens with zero attached hydrogens (tertiary/aromatic N) is 2. The average molecular weight is 464 g/mol. The molecule has 2 aromatic carbocycles. The van der Waals surface area contributed by atoms with Crippen molar-refractivity contribution in [3.05, 3.63) is 70.6 Å². The van der Waals surface area contributed by atoms with Crippen LogP contribution in [0.3, 0.4) is 0 Å². The molecule has 172 valence electrons. The summed E-state index contributed by atoms with van der Waals surface area (Å²) in [5.41, 5.74) is 5.57. The van der Waals surface area contributed by atoms with Gasteiger partial charge in [-0.1, -0.05) is 42.0 Å². The zero-order chi connectivity index (χ0) is 23.4. The molecule has 0 aliphatic carbocycles. The Hall–Kier alpha value is -3.16. The number of anilines is 2. The van der Waals surface area contributed by atoms with Crippen molar-refractivity contribution in [3.8, 4) is 11.1 Å². The van der Waals surface area contributed by atoms with E-state index in [2.05, 4.69) is 33.3 Å². The van der Waals surface area contributed by atoms with Gasteiger partial charge in [-0.05, 0) is 37.1 Å². The van der Waals surface area contributed by atoms with Crippen molar-refractivity contribution in [2.24, 2.45) is 0 Å². The van der Waals surface area contributed by atoms with Gasteiger partial charge in [-0.3, -0.25) is 9.69 Å². The predicted molar refractivity (Wildman–Crippen MR) is 134 cm³/mol. The van der Waals surface area contributed by atoms with E-state index in [0.29, 0.717) is 17.1 Å². The van der Waals surface area contributed by atoms with Gasteiger partial charge in [0.05, 0.1) is 13.7 Å². The molecule has 1 N–H and O–H groups in total. The minimum atomic E-state index is -0.445. The quantitative estimate of drug-likeness (QED) is 0.542. The number of carbonyl (C=O) groups excluding carboxylic acids is 2. The number of benzene rings is 2. The number of hydrogen-bond acceptors (Lipinski definition) is 6. The fraction of sp³-hybridized carbons (Fsp3) is 0.308. The van der Waals surface area contributed by atoms with E-state index in [4.69, 9.17) is 4.74 Å². The first kappa shape index (κ1) is 23.0. The van der Waals surface area contributed by atoms with Gasteiger partial charge in [0, 0.05) is 42.8 Å². The summed E-state index contributed by atoms with van der Waals surface area (Å²) in [7, 11) is 1.37. The van der Waals surface area contributed by atoms with Crippen LogP contribution in [0.15, 0.2) is 53.9 Å². The summed E-state index contributed by atoms with van der Waals surface area (Å²) in [5, 5.41) is 5.42. The van der Waals surface area contributed by atoms with Crippen LogP contribution in [0.25, 0.3) is 11.1 Å². The first-order valence-corrected chi connectivity index (χ1v) is 11.9. The molecule has 3 aromatic rings. The van der Waals surface area contributed by atoms with E-state index in [-0.39, 0.29) is 5.91 Å². The highest BCUT2D eigenvalue weighted by molar-refractivity contribution is 7.15. The first-order valence-electron chi connectivity index (χ1n) is 11.1. The maximum Gasteiger partial charge on any atom is 0.341 e. The van der Waals surface area contributed by atoms with Gasteiger partial charge in [0.1, 0.15) is 10.6 Å². The maximum absolute atomic E-state index is 12.9. The Kier molecular flexibility index (Phi) is 7.11. The lowest BCUT2D eigenvalue weighted by Crippen LogP contribution is -2.48. The van der Waals surface area contributed by atoms with Crippen LogP contribution >= 0.6 is 11.3 Å². The van der Waals surface area contributed by atoms with Crippen molar-refractivity contribution < 1.29 is 14.3 Å². The third-order valence-corrected chi connectivity index (χ3v) is 6.87. The number of nitrogens with one attached hydrogen (secondary N) is 1. The van der Waals surface area contributed by atoms with Crippen LogP contribution in [0.4, 0.5) is 10.7 Å². The van der Waals surface area contributed by atoms with E-state index in [9.17, 15) is 9.59 Å². The van der Waals surface area contributed by atoms with Gasteiger partial charge in [-0.2, -0.15) is 0 Å². The number of para-hydroxylation sites is 1. The van der Waals surface area contributed by atoms with Crippen LogP contribution in [0.1, 0.15) is 21.5 Å². The normalized spacial score (nSPS) is 14.2. The molecule has 1 aliphatic rings. The van der Waals surface area contributed by atoms with E-state index >= 15 is 0 Å². The molecule has 2 heterocycles. The van der Waals surface area contributed by atoms with Crippen LogP contribution in [0.2, 0.25) is 0 Å². The standard InChI is InChI=1S/C26H29N3O3S/c1-18-9-10-19(2)21(15-18)22-17-33-25(24(22)26(31)32-3)27-23(30)16-28-11-13-29(14-12-28)20-7-5-4-6-8-20/h4-10,15,17H,11-14,16H2,1-3H3,(H,27,30). The van der Waals surface area contributed by atoms with Crippen LogP contribution in [-0.2, 0) is 9.53 Å². The summed E-state index contributed by atoms with van der Waals surface area (Å²) < 4.78 is 5.05. The molecule has 7 heteroatoms. The van der Waals surface area contributed by atoms with E-state index in [0.717, 1.165) is 48.4 Å². The van der Waals surface area contributed by atoms with Crippen molar-refractivity contribution in [3.63, 3.8) is 0 Å². The largest absolute Gasteiger partial charge is 0.465 e. The number of aryl methyl sites for hydroxylation is 2. The Morgan fingerprint density at radius 2 is 1.73 bits per heavy atom. The van der Waals surface area contributed by atoms with Gasteiger partial charge in [0.15, 0.2) is 0 Å². The van der Waals surface area contributed by atoms with Crippen molar-refractivity contribution >= 4 is 33.9 Å². The second kappa shape index (κ2) is 10.2. The summed E-state index contributed by atoms with van der Waals surface area (Å²) in [6.45, 7) is 7.70. The number of amides is 1. The monoisotopic (exact) mass is 463 g/mol. The number of ether oxygens (including phenoxy) is 1. The second-order valence-electron chi connectivity index (χ2n) is 8.31. The molecule has 1 saturated heterocycles. The highest BCUT2D eigenvalue weighted by atomic mass is 32.1. The van der Waals surface area contributed by atoms with E-state index in [1.807, 2.05) is 49.6 Å². The number of piperazine rings is 1. The highest BCUT2D eigenvalue weighted by Gasteiger charge is 2.25. The van der Waals surface area contributed by atoms with Crippen LogP contribution in [0.5, 0.6) is 0 Å². The van der Waals surface area contributed by atoms with E-state index in [1.54, 1.807) is 0 Å². The number of esters is 1. The third-order valence-electron chi connectivity index (χ3n) is 5.98. The molecule has 33 heavy (non-hydrogen) atoms. The smallest absolute Gasteiger partial charge is 0.341 e. The molecule has 6 nitrogen and oxygen atoms in total. The molecule has 0 atom stereocenters. The SMILES string of the molecule is COC(=O)c1c(-c2cc(C)ccc2C)csc1NC(=O)CN1CCN(c2ccccc2)CC1. The summed E-state index contributed by atoms with van der Waals surface area (Å²) in [5.74, 6) is -0.568. The molecule has 0 bridgehead atoms. The topological polar surface area (TPSA) is 61.9 Å². The molecule has 4 rings (SSSR count). The van der Waals surface area contributed by atoms with Crippen LogP contribution in [-0.4, -0.2) is 56.6 Å². The van der Waals surface area contributed by atoms with Crippen molar-refractivity contribution in [2.45, 2.75) is 13.8 Å². The molecular weight excluding hydrogens is 434 g/mol. The minimum Gasteiger partial charge on any atom is -0.465 e. The lowest BCUT2D eigenvalue weighted by molar-refractivity contribution is -0.117. The fourth-order valence-corrected chi connectivity index (χ4v) is 5.12. The molecule has 0 radical (unpaired) electrons. The summed E-state index contributed by atoms with van der Waals surface area (Å²) in [4.78, 5) is 30.0. The van der Waals surface area contributed by atoms with Crippen molar-refractivity contribution in [1.82, 2.24) is 4.90 Å². The maximum atomic E-state index is 12.9. The summed E-state index contributed by atoms with van der Waals surface area (Å²) in [6.07, 6.45) is 0. The molecule has 1 aliphatic heterocycles. The molecular formula is C26H29N3O3S. The number of rotatable bonds is 6. The minimum absolute atomic E-state index is 0.123. The number of carbonyl (C=O) groups is 2. The fourth-order valence-electron chi connectivity index (χ4n) is 4.15. The Bertz CT molecular complexity index is 1130.